The van der Waals surface area contributed by atoms with Crippen LogP contribution in [0.5, 0.6) is 0 Å². The number of carbonyl (C=O) groups excluding carboxylic acids is 2. The number of hydrogen-bond donors (Lipinski definition) is 2. The van der Waals surface area contributed by atoms with Gasteiger partial charge >= 0.3 is 12.2 Å². The summed E-state index contributed by atoms with van der Waals surface area (Å²) in [4.78, 5) is 25.2. The van der Waals surface area contributed by atoms with Crippen LogP contribution >= 0.6 is 0 Å². The summed E-state index contributed by atoms with van der Waals surface area (Å²) in [5, 5.41) is 12.7. The fourth-order valence-corrected chi connectivity index (χ4v) is 2.78. The number of urea groups is 1. The van der Waals surface area contributed by atoms with Gasteiger partial charge in [-0.15, -0.1) is 0 Å². The lowest BCUT2D eigenvalue weighted by atomic mass is 9.96. The molecule has 0 spiro atoms. The number of alkyl halides is 3. The molecule has 1 fully saturated rings. The van der Waals surface area contributed by atoms with Crippen LogP contribution in [-0.2, 0) is 11.0 Å². The fourth-order valence-electron chi connectivity index (χ4n) is 2.78. The Balaban J connectivity index is 2.17. The lowest BCUT2D eigenvalue weighted by Crippen LogP contribution is -2.44. The SMILES string of the molecule is CCC[C@]1(C)NC(=O)N(C[C@H](O)c2cccc(C(F)(F)F)c2)C1=O. The van der Waals surface area contributed by atoms with Gasteiger partial charge in [-0.2, -0.15) is 13.2 Å². The van der Waals surface area contributed by atoms with Crippen molar-refractivity contribution in [3.8, 4) is 0 Å². The number of amides is 3. The number of nitrogens with zero attached hydrogens (tertiary/aromatic N) is 1. The first kappa shape index (κ1) is 18.3. The number of β-amino-alcohol motifs (C(OH)–C–C–N with tert-alkyl or cyclic N) is 1. The van der Waals surface area contributed by atoms with E-state index in [1.807, 2.05) is 6.92 Å². The largest absolute Gasteiger partial charge is 0.416 e. The predicted molar refractivity (Wildman–Crippen MR) is 80.0 cm³/mol. The molecule has 0 unspecified atom stereocenters. The molecule has 2 N–H and O–H groups in total. The maximum atomic E-state index is 12.7. The zero-order chi connectivity index (χ0) is 18.1. The van der Waals surface area contributed by atoms with Crippen molar-refractivity contribution in [2.75, 3.05) is 6.54 Å². The predicted octanol–water partition coefficient (Wildman–Crippen LogP) is 2.85. The van der Waals surface area contributed by atoms with Gasteiger partial charge in [0, 0.05) is 0 Å². The third-order valence-electron chi connectivity index (χ3n) is 4.05. The zero-order valence-electron chi connectivity index (χ0n) is 13.4. The van der Waals surface area contributed by atoms with Crippen molar-refractivity contribution in [1.29, 1.82) is 0 Å². The highest BCUT2D eigenvalue weighted by atomic mass is 19.4. The molecule has 1 aromatic rings. The van der Waals surface area contributed by atoms with E-state index in [9.17, 15) is 27.9 Å². The van der Waals surface area contributed by atoms with Crippen molar-refractivity contribution < 1.29 is 27.9 Å². The molecule has 0 aliphatic carbocycles. The number of imide groups is 1. The van der Waals surface area contributed by atoms with Crippen LogP contribution in [0.3, 0.4) is 0 Å². The number of rotatable bonds is 5. The van der Waals surface area contributed by atoms with Crippen LogP contribution in [0, 0.1) is 0 Å². The summed E-state index contributed by atoms with van der Waals surface area (Å²) in [6, 6.07) is 3.55. The van der Waals surface area contributed by atoms with E-state index < -0.39 is 41.9 Å². The Kier molecular flexibility index (Phi) is 4.89. The Morgan fingerprint density at radius 3 is 2.58 bits per heavy atom. The smallest absolute Gasteiger partial charge is 0.387 e. The van der Waals surface area contributed by atoms with E-state index in [1.54, 1.807) is 6.92 Å². The number of benzene rings is 1. The highest BCUT2D eigenvalue weighted by molar-refractivity contribution is 6.06. The lowest BCUT2D eigenvalue weighted by Gasteiger charge is -2.22. The van der Waals surface area contributed by atoms with Crippen molar-refractivity contribution in [2.45, 2.75) is 44.5 Å². The summed E-state index contributed by atoms with van der Waals surface area (Å²) >= 11 is 0. The first-order chi connectivity index (χ1) is 11.1. The minimum Gasteiger partial charge on any atom is -0.387 e. The molecule has 24 heavy (non-hydrogen) atoms. The van der Waals surface area contributed by atoms with Gasteiger partial charge in [0.15, 0.2) is 0 Å². The summed E-state index contributed by atoms with van der Waals surface area (Å²) in [7, 11) is 0. The molecular weight excluding hydrogens is 325 g/mol. The monoisotopic (exact) mass is 344 g/mol. The molecule has 1 heterocycles. The van der Waals surface area contributed by atoms with Gasteiger partial charge < -0.3 is 10.4 Å². The molecule has 0 bridgehead atoms. The highest BCUT2D eigenvalue weighted by Gasteiger charge is 2.47. The van der Waals surface area contributed by atoms with E-state index in [-0.39, 0.29) is 5.56 Å². The molecule has 5 nitrogen and oxygen atoms in total. The van der Waals surface area contributed by atoms with Crippen LogP contribution in [0.15, 0.2) is 24.3 Å². The summed E-state index contributed by atoms with van der Waals surface area (Å²) in [6.07, 6.45) is -4.82. The normalized spacial score (nSPS) is 22.7. The van der Waals surface area contributed by atoms with Crippen LogP contribution in [-0.4, -0.2) is 34.0 Å². The van der Waals surface area contributed by atoms with Gasteiger partial charge in [0.05, 0.1) is 18.2 Å². The fraction of sp³-hybridized carbons (Fsp3) is 0.500. The van der Waals surface area contributed by atoms with Gasteiger partial charge in [-0.3, -0.25) is 9.69 Å². The quantitative estimate of drug-likeness (QED) is 0.807. The molecule has 0 saturated carbocycles. The van der Waals surface area contributed by atoms with E-state index in [1.165, 1.54) is 12.1 Å². The van der Waals surface area contributed by atoms with Crippen molar-refractivity contribution in [2.24, 2.45) is 0 Å². The molecule has 1 aliphatic heterocycles. The van der Waals surface area contributed by atoms with Crippen molar-refractivity contribution in [3.05, 3.63) is 35.4 Å². The van der Waals surface area contributed by atoms with Crippen LogP contribution in [0.1, 0.15) is 43.9 Å². The third kappa shape index (κ3) is 3.53. The van der Waals surface area contributed by atoms with Crippen molar-refractivity contribution >= 4 is 11.9 Å². The first-order valence-electron chi connectivity index (χ1n) is 7.58. The van der Waals surface area contributed by atoms with E-state index in [4.69, 9.17) is 0 Å². The second-order valence-corrected chi connectivity index (χ2v) is 6.07. The maximum absolute atomic E-state index is 12.7. The van der Waals surface area contributed by atoms with Crippen molar-refractivity contribution in [1.82, 2.24) is 10.2 Å². The molecule has 1 aromatic carbocycles. The second-order valence-electron chi connectivity index (χ2n) is 6.07. The highest BCUT2D eigenvalue weighted by Crippen LogP contribution is 2.31. The summed E-state index contributed by atoms with van der Waals surface area (Å²) in [5.41, 5.74) is -1.94. The van der Waals surface area contributed by atoms with E-state index in [2.05, 4.69) is 5.32 Å². The molecule has 0 aromatic heterocycles. The molecule has 1 saturated heterocycles. The number of aliphatic hydroxyl groups is 1. The topological polar surface area (TPSA) is 69.6 Å². The minimum absolute atomic E-state index is 0.00507. The summed E-state index contributed by atoms with van der Waals surface area (Å²) in [6.45, 7) is 3.06. The molecule has 1 aliphatic rings. The van der Waals surface area contributed by atoms with Gasteiger partial charge in [-0.1, -0.05) is 25.5 Å². The summed E-state index contributed by atoms with van der Waals surface area (Å²) < 4.78 is 38.2. The van der Waals surface area contributed by atoms with Gasteiger partial charge in [-0.25, -0.2) is 4.79 Å². The Bertz CT molecular complexity index is 648. The average Bonchev–Trinajstić information content (AvgIpc) is 2.70. The number of halogens is 3. The van der Waals surface area contributed by atoms with E-state index in [0.29, 0.717) is 12.8 Å². The van der Waals surface area contributed by atoms with Crippen LogP contribution in [0.4, 0.5) is 18.0 Å². The molecule has 132 valence electrons. The summed E-state index contributed by atoms with van der Waals surface area (Å²) in [5.74, 6) is -0.486. The number of nitrogens with one attached hydrogen (secondary N) is 1. The molecule has 0 radical (unpaired) electrons. The second kappa shape index (κ2) is 6.43. The molecule has 8 heteroatoms. The molecule has 2 atom stereocenters. The van der Waals surface area contributed by atoms with Crippen LogP contribution in [0.2, 0.25) is 0 Å². The van der Waals surface area contributed by atoms with Gasteiger partial charge in [0.25, 0.3) is 5.91 Å². The van der Waals surface area contributed by atoms with Crippen molar-refractivity contribution in [3.63, 3.8) is 0 Å². The third-order valence-corrected chi connectivity index (χ3v) is 4.05. The Morgan fingerprint density at radius 2 is 2.00 bits per heavy atom. The Hall–Kier alpha value is -2.09. The lowest BCUT2D eigenvalue weighted by molar-refractivity contribution is -0.138. The van der Waals surface area contributed by atoms with Crippen LogP contribution in [0.25, 0.3) is 0 Å². The maximum Gasteiger partial charge on any atom is 0.416 e. The molecular formula is C16H19F3N2O3. The Morgan fingerprint density at radius 1 is 1.33 bits per heavy atom. The molecule has 3 amide bonds. The van der Waals surface area contributed by atoms with Gasteiger partial charge in [0.1, 0.15) is 5.54 Å². The number of carbonyl (C=O) groups is 2. The number of aliphatic hydroxyl groups excluding tert-OH is 1. The van der Waals surface area contributed by atoms with Gasteiger partial charge in [-0.05, 0) is 31.0 Å². The standard InChI is InChI=1S/C16H19F3N2O3/c1-3-7-15(2)13(23)21(14(24)20-15)9-12(22)10-5-4-6-11(8-10)16(17,18)19/h4-6,8,12,22H,3,7,9H2,1-2H3,(H,20,24)/t12-,15-/m0/s1. The Labute approximate surface area is 137 Å². The number of hydrogen-bond acceptors (Lipinski definition) is 3. The minimum atomic E-state index is -4.53. The average molecular weight is 344 g/mol. The van der Waals surface area contributed by atoms with E-state index in [0.717, 1.165) is 17.0 Å². The first-order valence-corrected chi connectivity index (χ1v) is 7.58. The van der Waals surface area contributed by atoms with Crippen LogP contribution < -0.4 is 5.32 Å². The van der Waals surface area contributed by atoms with E-state index >= 15 is 0 Å². The van der Waals surface area contributed by atoms with Gasteiger partial charge in [0.2, 0.25) is 0 Å². The molecule has 2 rings (SSSR count). The zero-order valence-corrected chi connectivity index (χ0v) is 13.4.